The van der Waals surface area contributed by atoms with Gasteiger partial charge in [-0.2, -0.15) is 13.2 Å². The summed E-state index contributed by atoms with van der Waals surface area (Å²) in [6.07, 6.45) is -3.21. The highest BCUT2D eigenvalue weighted by Crippen LogP contribution is 2.34. The number of halogens is 5. The van der Waals surface area contributed by atoms with Gasteiger partial charge in [-0.05, 0) is 46.6 Å². The molecule has 1 aromatic heterocycles. The zero-order chi connectivity index (χ0) is 15.8. The van der Waals surface area contributed by atoms with Crippen LogP contribution in [-0.2, 0) is 6.18 Å². The molecule has 0 aliphatic rings. The molecule has 0 radical (unpaired) electrons. The molecule has 2 aromatic rings. The first kappa shape index (κ1) is 15.6. The maximum Gasteiger partial charge on any atom is 0.416 e. The summed E-state index contributed by atoms with van der Waals surface area (Å²) in [5.41, 5.74) is 5.45. The minimum Gasteiger partial charge on any atom is -0.397 e. The van der Waals surface area contributed by atoms with Crippen molar-refractivity contribution in [3.8, 4) is 0 Å². The number of nitrogens with one attached hydrogen (secondary N) is 1. The smallest absolute Gasteiger partial charge is 0.397 e. The number of hydrogen-bond acceptors (Lipinski definition) is 3. The summed E-state index contributed by atoms with van der Waals surface area (Å²) in [4.78, 5) is 3.94. The number of aromatic nitrogens is 1. The van der Waals surface area contributed by atoms with Gasteiger partial charge in [0, 0.05) is 0 Å². The summed E-state index contributed by atoms with van der Waals surface area (Å²) in [6, 6.07) is 2.12. The molecule has 0 unspecified atom stereocenters. The second-order valence-electron chi connectivity index (χ2n) is 4.32. The summed E-state index contributed by atoms with van der Waals surface area (Å²) in [7, 11) is 0. The van der Waals surface area contributed by atoms with Gasteiger partial charge in [0.25, 0.3) is 0 Å². The summed E-state index contributed by atoms with van der Waals surface area (Å²) >= 11 is 3.22. The molecule has 0 fully saturated rings. The maximum atomic E-state index is 13.7. The Hall–Kier alpha value is -1.83. The zero-order valence-electron chi connectivity index (χ0n) is 10.7. The fourth-order valence-corrected chi connectivity index (χ4v) is 2.03. The van der Waals surface area contributed by atoms with Gasteiger partial charge in [-0.25, -0.2) is 9.37 Å². The van der Waals surface area contributed by atoms with Crippen LogP contribution in [0.1, 0.15) is 11.1 Å². The minimum absolute atomic E-state index is 0.180. The van der Waals surface area contributed by atoms with Crippen LogP contribution < -0.4 is 11.1 Å². The highest BCUT2D eigenvalue weighted by Gasteiger charge is 2.31. The standard InChI is InChI=1S/C13H10BrF4N3/c1-6-9(19)5-20-12(11(6)14)21-10-4-7(13(16,17)18)2-3-8(10)15/h2-5H,19H2,1H3,(H,20,21). The summed E-state index contributed by atoms with van der Waals surface area (Å²) < 4.78 is 52.0. The van der Waals surface area contributed by atoms with Crippen molar-refractivity contribution < 1.29 is 17.6 Å². The number of anilines is 3. The number of nitrogens with two attached hydrogens (primary N) is 1. The molecule has 112 valence electrons. The van der Waals surface area contributed by atoms with Gasteiger partial charge in [0.05, 0.1) is 27.6 Å². The fraction of sp³-hybridized carbons (Fsp3) is 0.154. The molecule has 0 aliphatic carbocycles. The van der Waals surface area contributed by atoms with Gasteiger partial charge >= 0.3 is 6.18 Å². The molecule has 0 spiro atoms. The van der Waals surface area contributed by atoms with E-state index in [1.165, 1.54) is 6.20 Å². The third-order valence-electron chi connectivity index (χ3n) is 2.85. The Kier molecular flexibility index (Phi) is 4.08. The predicted molar refractivity (Wildman–Crippen MR) is 75.8 cm³/mol. The van der Waals surface area contributed by atoms with E-state index < -0.39 is 17.6 Å². The molecular formula is C13H10BrF4N3. The molecule has 2 rings (SSSR count). The van der Waals surface area contributed by atoms with Crippen molar-refractivity contribution in [1.29, 1.82) is 0 Å². The molecule has 0 amide bonds. The lowest BCUT2D eigenvalue weighted by Gasteiger charge is -2.13. The monoisotopic (exact) mass is 363 g/mol. The first-order valence-electron chi connectivity index (χ1n) is 5.74. The maximum absolute atomic E-state index is 13.7. The molecule has 1 heterocycles. The molecule has 3 N–H and O–H groups in total. The van der Waals surface area contributed by atoms with Gasteiger partial charge in [-0.3, -0.25) is 0 Å². The van der Waals surface area contributed by atoms with Crippen molar-refractivity contribution in [1.82, 2.24) is 4.98 Å². The van der Waals surface area contributed by atoms with E-state index >= 15 is 0 Å². The van der Waals surface area contributed by atoms with Crippen LogP contribution in [-0.4, -0.2) is 4.98 Å². The molecule has 0 saturated carbocycles. The molecule has 0 bridgehead atoms. The average Bonchev–Trinajstić information content (AvgIpc) is 2.40. The number of benzene rings is 1. The predicted octanol–water partition coefficient (Wildman–Crippen LogP) is 4.64. The third kappa shape index (κ3) is 3.26. The van der Waals surface area contributed by atoms with Gasteiger partial charge in [0.1, 0.15) is 11.6 Å². The molecular weight excluding hydrogens is 354 g/mol. The van der Waals surface area contributed by atoms with Crippen LogP contribution in [0.4, 0.5) is 34.8 Å². The van der Waals surface area contributed by atoms with Crippen LogP contribution in [0.2, 0.25) is 0 Å². The van der Waals surface area contributed by atoms with Crippen molar-refractivity contribution in [2.45, 2.75) is 13.1 Å². The van der Waals surface area contributed by atoms with E-state index in [0.29, 0.717) is 27.9 Å². The Bertz CT molecular complexity index is 686. The van der Waals surface area contributed by atoms with Gasteiger partial charge in [-0.15, -0.1) is 0 Å². The van der Waals surface area contributed by atoms with Crippen molar-refractivity contribution in [2.24, 2.45) is 0 Å². The summed E-state index contributed by atoms with van der Waals surface area (Å²) in [5.74, 6) is -0.633. The average molecular weight is 364 g/mol. The highest BCUT2D eigenvalue weighted by atomic mass is 79.9. The Morgan fingerprint density at radius 1 is 1.29 bits per heavy atom. The Morgan fingerprint density at radius 3 is 2.57 bits per heavy atom. The van der Waals surface area contributed by atoms with Crippen LogP contribution in [0.25, 0.3) is 0 Å². The van der Waals surface area contributed by atoms with Crippen molar-refractivity contribution >= 4 is 33.1 Å². The molecule has 3 nitrogen and oxygen atoms in total. The van der Waals surface area contributed by atoms with E-state index in [1.807, 2.05) is 0 Å². The van der Waals surface area contributed by atoms with Crippen molar-refractivity contribution in [3.05, 3.63) is 45.8 Å². The van der Waals surface area contributed by atoms with Crippen LogP contribution >= 0.6 is 15.9 Å². The lowest BCUT2D eigenvalue weighted by Crippen LogP contribution is -2.07. The number of nitrogen functional groups attached to an aromatic ring is 1. The Balaban J connectivity index is 2.42. The largest absolute Gasteiger partial charge is 0.416 e. The van der Waals surface area contributed by atoms with Crippen molar-refractivity contribution in [2.75, 3.05) is 11.1 Å². The number of rotatable bonds is 2. The third-order valence-corrected chi connectivity index (χ3v) is 3.82. The number of pyridine rings is 1. The summed E-state index contributed by atoms with van der Waals surface area (Å²) in [6.45, 7) is 1.70. The van der Waals surface area contributed by atoms with E-state index in [9.17, 15) is 17.6 Å². The van der Waals surface area contributed by atoms with Gasteiger partial charge < -0.3 is 11.1 Å². The second kappa shape index (κ2) is 5.51. The van der Waals surface area contributed by atoms with E-state index in [-0.39, 0.29) is 11.5 Å². The molecule has 0 aliphatic heterocycles. The first-order valence-corrected chi connectivity index (χ1v) is 6.54. The molecule has 0 atom stereocenters. The van der Waals surface area contributed by atoms with Gasteiger partial charge in [0.15, 0.2) is 0 Å². The zero-order valence-corrected chi connectivity index (χ0v) is 12.3. The van der Waals surface area contributed by atoms with Crippen LogP contribution in [0.15, 0.2) is 28.9 Å². The van der Waals surface area contributed by atoms with E-state index in [4.69, 9.17) is 5.73 Å². The number of nitrogens with zero attached hydrogens (tertiary/aromatic N) is 1. The van der Waals surface area contributed by atoms with Crippen molar-refractivity contribution in [3.63, 3.8) is 0 Å². The van der Waals surface area contributed by atoms with Crippen LogP contribution in [0.3, 0.4) is 0 Å². The van der Waals surface area contributed by atoms with Crippen LogP contribution in [0, 0.1) is 12.7 Å². The Morgan fingerprint density at radius 2 is 1.95 bits per heavy atom. The Labute approximate surface area is 126 Å². The van der Waals surface area contributed by atoms with Gasteiger partial charge in [-0.1, -0.05) is 0 Å². The van der Waals surface area contributed by atoms with Gasteiger partial charge in [0.2, 0.25) is 0 Å². The molecule has 0 saturated heterocycles. The molecule has 21 heavy (non-hydrogen) atoms. The lowest BCUT2D eigenvalue weighted by atomic mass is 10.2. The fourth-order valence-electron chi connectivity index (χ4n) is 1.60. The normalized spacial score (nSPS) is 11.5. The molecule has 8 heteroatoms. The summed E-state index contributed by atoms with van der Waals surface area (Å²) in [5, 5.41) is 2.53. The lowest BCUT2D eigenvalue weighted by molar-refractivity contribution is -0.137. The minimum atomic E-state index is -4.55. The number of hydrogen-bond donors (Lipinski definition) is 2. The quantitative estimate of drug-likeness (QED) is 0.764. The molecule has 1 aromatic carbocycles. The van der Waals surface area contributed by atoms with Crippen LogP contribution in [0.5, 0.6) is 0 Å². The highest BCUT2D eigenvalue weighted by molar-refractivity contribution is 9.10. The second-order valence-corrected chi connectivity index (χ2v) is 5.11. The number of alkyl halides is 3. The van der Waals surface area contributed by atoms with E-state index in [0.717, 1.165) is 6.07 Å². The SMILES string of the molecule is Cc1c(N)cnc(Nc2cc(C(F)(F)F)ccc2F)c1Br. The first-order chi connectivity index (χ1) is 9.70. The van der Waals surface area contributed by atoms with E-state index in [2.05, 4.69) is 26.2 Å². The topological polar surface area (TPSA) is 50.9 Å². The van der Waals surface area contributed by atoms with E-state index in [1.54, 1.807) is 6.92 Å².